The maximum absolute atomic E-state index is 11.3. The zero-order valence-electron chi connectivity index (χ0n) is 20.7. The van der Waals surface area contributed by atoms with Gasteiger partial charge in [0.15, 0.2) is 17.5 Å². The number of hydrogen-bond acceptors (Lipinski definition) is 11. The van der Waals surface area contributed by atoms with Crippen LogP contribution >= 0.6 is 0 Å². The summed E-state index contributed by atoms with van der Waals surface area (Å²) >= 11 is 0. The molecule has 2 aliphatic rings. The van der Waals surface area contributed by atoms with Crippen molar-refractivity contribution in [1.82, 2.24) is 0 Å². The van der Waals surface area contributed by atoms with Crippen molar-refractivity contribution in [2.24, 2.45) is 0 Å². The molecule has 0 unspecified atom stereocenters. The molecule has 2 aliphatic heterocycles. The smallest absolute Gasteiger partial charge is 0.186 e. The molecule has 2 rings (SSSR count). The van der Waals surface area contributed by atoms with Crippen LogP contribution in [0.15, 0.2) is 0 Å². The van der Waals surface area contributed by atoms with Crippen molar-refractivity contribution in [1.29, 1.82) is 0 Å². The molecule has 2 fully saturated rings. The Balaban J connectivity index is 1.87. The molecule has 2 saturated heterocycles. The summed E-state index contributed by atoms with van der Waals surface area (Å²) in [5.74, 6) is 0. The first-order chi connectivity index (χ1) is 16.7. The summed E-state index contributed by atoms with van der Waals surface area (Å²) in [6.07, 6.45) is -0.810. The van der Waals surface area contributed by atoms with Crippen LogP contribution in [0.4, 0.5) is 0 Å². The Morgan fingerprint density at radius 2 is 1.34 bits per heavy atom. The van der Waals surface area contributed by atoms with Gasteiger partial charge in [-0.1, -0.05) is 64.7 Å². The van der Waals surface area contributed by atoms with Crippen LogP contribution in [-0.2, 0) is 14.2 Å². The molecule has 208 valence electrons. The molecular formula is C24H46O11. The van der Waals surface area contributed by atoms with E-state index in [4.69, 9.17) is 14.2 Å². The molecule has 0 saturated carbocycles. The van der Waals surface area contributed by atoms with Crippen molar-refractivity contribution in [3.63, 3.8) is 0 Å². The van der Waals surface area contributed by atoms with Crippen LogP contribution in [0.5, 0.6) is 0 Å². The van der Waals surface area contributed by atoms with Gasteiger partial charge in [0.1, 0.15) is 36.6 Å². The summed E-state index contributed by atoms with van der Waals surface area (Å²) < 4.78 is 16.2. The lowest BCUT2D eigenvalue weighted by Crippen LogP contribution is -2.82. The second kappa shape index (κ2) is 14.5. The minimum atomic E-state index is -2.82. The zero-order chi connectivity index (χ0) is 26.1. The Hall–Kier alpha value is -0.440. The van der Waals surface area contributed by atoms with Gasteiger partial charge in [0.25, 0.3) is 0 Å². The number of aliphatic hydroxyl groups excluding tert-OH is 6. The molecule has 0 aromatic rings. The van der Waals surface area contributed by atoms with Crippen LogP contribution in [0.25, 0.3) is 0 Å². The highest BCUT2D eigenvalue weighted by Gasteiger charge is 2.70. The average Bonchev–Trinajstić information content (AvgIpc) is 2.85. The number of unbranched alkanes of at least 4 members (excludes halogenated alkanes) is 9. The first kappa shape index (κ1) is 30.8. The van der Waals surface area contributed by atoms with Gasteiger partial charge < -0.3 is 55.1 Å². The molecule has 35 heavy (non-hydrogen) atoms. The number of rotatable bonds is 15. The van der Waals surface area contributed by atoms with Gasteiger partial charge in [-0.25, -0.2) is 0 Å². The van der Waals surface area contributed by atoms with E-state index in [0.717, 1.165) is 19.3 Å². The predicted octanol–water partition coefficient (Wildman–Crippen LogP) is -1.06. The normalized spacial score (nSPS) is 40.2. The van der Waals surface area contributed by atoms with E-state index >= 15 is 0 Å². The average molecular weight is 511 g/mol. The lowest BCUT2D eigenvalue weighted by Gasteiger charge is -2.57. The van der Waals surface area contributed by atoms with E-state index in [1.165, 1.54) is 38.5 Å². The molecule has 0 spiro atoms. The van der Waals surface area contributed by atoms with Crippen molar-refractivity contribution >= 4 is 0 Å². The van der Waals surface area contributed by atoms with Gasteiger partial charge in [0, 0.05) is 6.61 Å². The third-order valence-electron chi connectivity index (χ3n) is 7.37. The van der Waals surface area contributed by atoms with Crippen molar-refractivity contribution in [2.45, 2.75) is 125 Å². The number of hydrogen-bond donors (Lipinski definition) is 8. The topological polar surface area (TPSA) is 190 Å². The van der Waals surface area contributed by atoms with E-state index in [2.05, 4.69) is 6.92 Å². The molecule has 0 radical (unpaired) electrons. The molecule has 2 heterocycles. The van der Waals surface area contributed by atoms with Crippen LogP contribution < -0.4 is 0 Å². The van der Waals surface area contributed by atoms with E-state index in [1.807, 2.05) is 0 Å². The van der Waals surface area contributed by atoms with Crippen molar-refractivity contribution in [3.05, 3.63) is 0 Å². The van der Waals surface area contributed by atoms with Gasteiger partial charge >= 0.3 is 0 Å². The quantitative estimate of drug-likeness (QED) is 0.125. The Morgan fingerprint density at radius 3 is 1.89 bits per heavy atom. The van der Waals surface area contributed by atoms with Crippen molar-refractivity contribution in [3.8, 4) is 0 Å². The molecule has 9 atom stereocenters. The minimum absolute atomic E-state index is 0.217. The fourth-order valence-corrected chi connectivity index (χ4v) is 5.01. The summed E-state index contributed by atoms with van der Waals surface area (Å²) in [5.41, 5.74) is -5.55. The van der Waals surface area contributed by atoms with Gasteiger partial charge in [0.2, 0.25) is 0 Å². The van der Waals surface area contributed by atoms with E-state index in [9.17, 15) is 40.9 Å². The molecule has 0 aromatic carbocycles. The molecule has 0 aliphatic carbocycles. The van der Waals surface area contributed by atoms with E-state index < -0.39 is 73.9 Å². The summed E-state index contributed by atoms with van der Waals surface area (Å²) in [6.45, 7) is 0.0529. The summed E-state index contributed by atoms with van der Waals surface area (Å²) in [7, 11) is 0. The lowest BCUT2D eigenvalue weighted by molar-refractivity contribution is -0.391. The number of ether oxygens (including phenoxy) is 3. The van der Waals surface area contributed by atoms with E-state index in [1.54, 1.807) is 0 Å². The molecule has 0 bridgehead atoms. The molecule has 11 heteroatoms. The van der Waals surface area contributed by atoms with Crippen LogP contribution in [0, 0.1) is 0 Å². The summed E-state index contributed by atoms with van der Waals surface area (Å²) in [5, 5.41) is 83.4. The lowest BCUT2D eigenvalue weighted by atomic mass is 9.67. The fourth-order valence-electron chi connectivity index (χ4n) is 5.01. The molecule has 8 N–H and O–H groups in total. The van der Waals surface area contributed by atoms with E-state index in [-0.39, 0.29) is 6.61 Å². The molecule has 0 aromatic heterocycles. The standard InChI is InChI=1S/C24H46O11/c1-2-3-4-5-6-7-8-9-10-11-12-33-22-19(28)21(30)24(32,17(14-26)35-22)23(31)15-34-16(13-25)18(27)20(23)29/h16-22,25-32H,2-15H2,1H3/t16-,17-,18-,19-,20+,21-,22+,23-,24-/m1/s1. The molecular weight excluding hydrogens is 464 g/mol. The van der Waals surface area contributed by atoms with Gasteiger partial charge in [0.05, 0.1) is 19.8 Å². The largest absolute Gasteiger partial charge is 0.394 e. The Labute approximate surface area is 207 Å². The zero-order valence-corrected chi connectivity index (χ0v) is 20.7. The molecule has 0 amide bonds. The van der Waals surface area contributed by atoms with E-state index in [0.29, 0.717) is 6.42 Å². The van der Waals surface area contributed by atoms with Gasteiger partial charge in [-0.15, -0.1) is 0 Å². The highest BCUT2D eigenvalue weighted by molar-refractivity contribution is 5.18. The Kier molecular flexibility index (Phi) is 12.7. The van der Waals surface area contributed by atoms with Crippen LogP contribution in [0.1, 0.15) is 71.1 Å². The molecule has 11 nitrogen and oxygen atoms in total. The summed E-state index contributed by atoms with van der Waals surface area (Å²) in [4.78, 5) is 0. The van der Waals surface area contributed by atoms with Crippen LogP contribution in [0.3, 0.4) is 0 Å². The first-order valence-electron chi connectivity index (χ1n) is 13.0. The third-order valence-corrected chi connectivity index (χ3v) is 7.37. The fraction of sp³-hybridized carbons (Fsp3) is 1.00. The highest BCUT2D eigenvalue weighted by Crippen LogP contribution is 2.43. The highest BCUT2D eigenvalue weighted by atomic mass is 16.7. The summed E-state index contributed by atoms with van der Waals surface area (Å²) in [6, 6.07) is 0. The monoisotopic (exact) mass is 510 g/mol. The first-order valence-corrected chi connectivity index (χ1v) is 13.0. The van der Waals surface area contributed by atoms with Gasteiger partial charge in [-0.2, -0.15) is 0 Å². The Bertz CT molecular complexity index is 592. The maximum atomic E-state index is 11.3. The van der Waals surface area contributed by atoms with Crippen LogP contribution in [-0.4, -0.2) is 121 Å². The third kappa shape index (κ3) is 6.91. The minimum Gasteiger partial charge on any atom is -0.394 e. The number of aliphatic hydroxyl groups is 8. The van der Waals surface area contributed by atoms with Crippen molar-refractivity contribution in [2.75, 3.05) is 26.4 Å². The Morgan fingerprint density at radius 1 is 0.771 bits per heavy atom. The van der Waals surface area contributed by atoms with Gasteiger partial charge in [-0.3, -0.25) is 0 Å². The van der Waals surface area contributed by atoms with Crippen molar-refractivity contribution < 1.29 is 55.1 Å². The second-order valence-corrected chi connectivity index (χ2v) is 9.88. The predicted molar refractivity (Wildman–Crippen MR) is 124 cm³/mol. The maximum Gasteiger partial charge on any atom is 0.186 e. The second-order valence-electron chi connectivity index (χ2n) is 9.88. The van der Waals surface area contributed by atoms with Crippen LogP contribution in [0.2, 0.25) is 0 Å². The van der Waals surface area contributed by atoms with Gasteiger partial charge in [-0.05, 0) is 6.42 Å². The SMILES string of the molecule is CCCCCCCCCCCCO[C@H]1O[C@H](CO)[C@](O)([C@@]2(O)CO[C@H](CO)[C@@H](O)[C@@H]2O)[C@H](O)[C@H]1O.